The third-order valence-electron chi connectivity index (χ3n) is 3.31. The highest BCUT2D eigenvalue weighted by molar-refractivity contribution is 5.81. The zero-order valence-corrected chi connectivity index (χ0v) is 13.1. The first kappa shape index (κ1) is 17.0. The van der Waals surface area contributed by atoms with E-state index >= 15 is 0 Å². The van der Waals surface area contributed by atoms with Gasteiger partial charge in [0.1, 0.15) is 0 Å². The summed E-state index contributed by atoms with van der Waals surface area (Å²) in [5.74, 6) is -0.0970. The van der Waals surface area contributed by atoms with Gasteiger partial charge >= 0.3 is 0 Å². The van der Waals surface area contributed by atoms with Gasteiger partial charge in [0, 0.05) is 11.6 Å². The number of hydrogen-bond donors (Lipinski definition) is 3. The number of nitrogens with one attached hydrogen (secondary N) is 3. The smallest absolute Gasteiger partial charge is 0.234 e. The SMILES string of the molecule is CC(C)(C)NC(=O)CNCC(=O)NC1CCCCCC1. The summed E-state index contributed by atoms with van der Waals surface area (Å²) < 4.78 is 0. The second-order valence-corrected chi connectivity index (χ2v) is 6.66. The molecule has 20 heavy (non-hydrogen) atoms. The zero-order valence-electron chi connectivity index (χ0n) is 13.1. The second-order valence-electron chi connectivity index (χ2n) is 6.66. The fourth-order valence-electron chi connectivity index (χ4n) is 2.45. The van der Waals surface area contributed by atoms with Crippen molar-refractivity contribution < 1.29 is 9.59 Å². The van der Waals surface area contributed by atoms with E-state index in [4.69, 9.17) is 0 Å². The van der Waals surface area contributed by atoms with Crippen LogP contribution in [0, 0.1) is 0 Å². The molecule has 5 heteroatoms. The molecule has 0 bridgehead atoms. The van der Waals surface area contributed by atoms with Gasteiger partial charge in [-0.1, -0.05) is 25.7 Å². The summed E-state index contributed by atoms with van der Waals surface area (Å²) in [5, 5.41) is 8.79. The molecule has 1 saturated carbocycles. The molecule has 0 aromatic heterocycles. The summed E-state index contributed by atoms with van der Waals surface area (Å²) in [4.78, 5) is 23.4. The molecule has 0 radical (unpaired) electrons. The summed E-state index contributed by atoms with van der Waals surface area (Å²) in [6.45, 7) is 6.18. The van der Waals surface area contributed by atoms with Gasteiger partial charge in [0.05, 0.1) is 13.1 Å². The average molecular weight is 283 g/mol. The molecule has 0 atom stereocenters. The number of rotatable bonds is 5. The lowest BCUT2D eigenvalue weighted by Crippen LogP contribution is -2.47. The van der Waals surface area contributed by atoms with Crippen molar-refractivity contribution in [1.29, 1.82) is 0 Å². The van der Waals surface area contributed by atoms with E-state index in [9.17, 15) is 9.59 Å². The van der Waals surface area contributed by atoms with Crippen molar-refractivity contribution in [2.45, 2.75) is 70.9 Å². The molecule has 0 spiro atoms. The minimum atomic E-state index is -0.235. The molecule has 0 aliphatic heterocycles. The van der Waals surface area contributed by atoms with E-state index in [2.05, 4.69) is 16.0 Å². The van der Waals surface area contributed by atoms with Crippen LogP contribution in [0.5, 0.6) is 0 Å². The third kappa shape index (κ3) is 8.15. The van der Waals surface area contributed by atoms with Crippen LogP contribution in [-0.4, -0.2) is 36.5 Å². The molecule has 1 fully saturated rings. The lowest BCUT2D eigenvalue weighted by molar-refractivity contribution is -0.122. The first-order valence-corrected chi connectivity index (χ1v) is 7.68. The van der Waals surface area contributed by atoms with Crippen LogP contribution >= 0.6 is 0 Å². The third-order valence-corrected chi connectivity index (χ3v) is 3.31. The zero-order chi connectivity index (χ0) is 15.0. The molecule has 5 nitrogen and oxygen atoms in total. The fourth-order valence-corrected chi connectivity index (χ4v) is 2.45. The van der Waals surface area contributed by atoms with Crippen molar-refractivity contribution in [2.75, 3.05) is 13.1 Å². The van der Waals surface area contributed by atoms with Gasteiger partial charge in [-0.3, -0.25) is 14.9 Å². The molecule has 0 heterocycles. The summed E-state index contributed by atoms with van der Waals surface area (Å²) in [6.07, 6.45) is 7.11. The maximum atomic E-state index is 11.8. The van der Waals surface area contributed by atoms with Gasteiger partial charge in [0.15, 0.2) is 0 Å². The molecular weight excluding hydrogens is 254 g/mol. The molecule has 116 valence electrons. The van der Waals surface area contributed by atoms with Crippen LogP contribution in [0.1, 0.15) is 59.3 Å². The maximum Gasteiger partial charge on any atom is 0.234 e. The highest BCUT2D eigenvalue weighted by Crippen LogP contribution is 2.16. The first-order valence-electron chi connectivity index (χ1n) is 7.68. The van der Waals surface area contributed by atoms with E-state index in [-0.39, 0.29) is 30.4 Å². The number of carbonyl (C=O) groups excluding carboxylic acids is 2. The Morgan fingerprint density at radius 1 is 0.950 bits per heavy atom. The fraction of sp³-hybridized carbons (Fsp3) is 0.867. The van der Waals surface area contributed by atoms with E-state index in [0.717, 1.165) is 12.8 Å². The molecule has 0 saturated heterocycles. The highest BCUT2D eigenvalue weighted by Gasteiger charge is 2.16. The lowest BCUT2D eigenvalue weighted by Gasteiger charge is -2.20. The van der Waals surface area contributed by atoms with Crippen molar-refractivity contribution in [3.8, 4) is 0 Å². The van der Waals surface area contributed by atoms with Gasteiger partial charge in [0.25, 0.3) is 0 Å². The van der Waals surface area contributed by atoms with Gasteiger partial charge in [0.2, 0.25) is 11.8 Å². The normalized spacial score (nSPS) is 17.4. The van der Waals surface area contributed by atoms with Crippen molar-refractivity contribution in [3.05, 3.63) is 0 Å². The summed E-state index contributed by atoms with van der Waals surface area (Å²) in [5.41, 5.74) is -0.235. The Labute approximate surface area is 122 Å². The van der Waals surface area contributed by atoms with Crippen molar-refractivity contribution in [3.63, 3.8) is 0 Å². The van der Waals surface area contributed by atoms with E-state index < -0.39 is 0 Å². The molecule has 3 N–H and O–H groups in total. The van der Waals surface area contributed by atoms with E-state index in [1.165, 1.54) is 25.7 Å². The van der Waals surface area contributed by atoms with Crippen LogP contribution in [0.2, 0.25) is 0 Å². The maximum absolute atomic E-state index is 11.8. The topological polar surface area (TPSA) is 70.2 Å². The molecule has 1 aliphatic carbocycles. The van der Waals surface area contributed by atoms with E-state index in [1.807, 2.05) is 20.8 Å². The molecule has 2 amide bonds. The Hall–Kier alpha value is -1.10. The largest absolute Gasteiger partial charge is 0.352 e. The average Bonchev–Trinajstić information content (AvgIpc) is 2.55. The lowest BCUT2D eigenvalue weighted by atomic mass is 10.1. The molecule has 0 aromatic carbocycles. The molecule has 0 unspecified atom stereocenters. The summed E-state index contributed by atoms with van der Waals surface area (Å²) in [6, 6.07) is 0.315. The van der Waals surface area contributed by atoms with Crippen LogP contribution in [0.3, 0.4) is 0 Å². The van der Waals surface area contributed by atoms with Gasteiger partial charge in [-0.15, -0.1) is 0 Å². The number of carbonyl (C=O) groups is 2. The predicted octanol–water partition coefficient (Wildman–Crippen LogP) is 1.33. The summed E-state index contributed by atoms with van der Waals surface area (Å²) >= 11 is 0. The predicted molar refractivity (Wildman–Crippen MR) is 80.4 cm³/mol. The van der Waals surface area contributed by atoms with Gasteiger partial charge in [-0.2, -0.15) is 0 Å². The minimum Gasteiger partial charge on any atom is -0.352 e. The number of hydrogen-bond acceptors (Lipinski definition) is 3. The molecule has 1 rings (SSSR count). The Balaban J connectivity index is 2.14. The van der Waals surface area contributed by atoms with Gasteiger partial charge < -0.3 is 10.6 Å². The molecule has 0 aromatic rings. The number of amides is 2. The van der Waals surface area contributed by atoms with Gasteiger partial charge in [-0.05, 0) is 33.6 Å². The van der Waals surface area contributed by atoms with Crippen LogP contribution in [0.25, 0.3) is 0 Å². The van der Waals surface area contributed by atoms with E-state index in [0.29, 0.717) is 6.04 Å². The Morgan fingerprint density at radius 3 is 2.05 bits per heavy atom. The van der Waals surface area contributed by atoms with Crippen LogP contribution in [0.15, 0.2) is 0 Å². The molecular formula is C15H29N3O2. The molecule has 1 aliphatic rings. The first-order chi connectivity index (χ1) is 9.37. The quantitative estimate of drug-likeness (QED) is 0.667. The van der Waals surface area contributed by atoms with Crippen molar-refractivity contribution >= 4 is 11.8 Å². The van der Waals surface area contributed by atoms with Crippen LogP contribution in [0.4, 0.5) is 0 Å². The van der Waals surface area contributed by atoms with Crippen LogP contribution < -0.4 is 16.0 Å². The van der Waals surface area contributed by atoms with Crippen molar-refractivity contribution in [2.24, 2.45) is 0 Å². The summed E-state index contributed by atoms with van der Waals surface area (Å²) in [7, 11) is 0. The Bertz CT molecular complexity index is 316. The van der Waals surface area contributed by atoms with Crippen molar-refractivity contribution in [1.82, 2.24) is 16.0 Å². The minimum absolute atomic E-state index is 0.0135. The van der Waals surface area contributed by atoms with Gasteiger partial charge in [-0.25, -0.2) is 0 Å². The second kappa shape index (κ2) is 8.25. The van der Waals surface area contributed by atoms with E-state index in [1.54, 1.807) is 0 Å². The Kier molecular flexibility index (Phi) is 6.99. The monoisotopic (exact) mass is 283 g/mol. The standard InChI is InChI=1S/C15H29N3O2/c1-15(2,3)18-14(20)11-16-10-13(19)17-12-8-6-4-5-7-9-12/h12,16H,4-11H2,1-3H3,(H,17,19)(H,18,20). The highest BCUT2D eigenvalue weighted by atomic mass is 16.2. The Morgan fingerprint density at radius 2 is 1.50 bits per heavy atom. The van der Waals surface area contributed by atoms with Crippen LogP contribution in [-0.2, 0) is 9.59 Å².